The summed E-state index contributed by atoms with van der Waals surface area (Å²) in [5.41, 5.74) is 9.67. The van der Waals surface area contributed by atoms with Gasteiger partial charge in [0.2, 0.25) is 0 Å². The number of rotatable bonds is 2. The second-order valence-corrected chi connectivity index (χ2v) is 8.65. The van der Waals surface area contributed by atoms with Crippen LogP contribution in [0.25, 0.3) is 41.8 Å². The van der Waals surface area contributed by atoms with Crippen LogP contribution in [0, 0.1) is 0 Å². The van der Waals surface area contributed by atoms with Gasteiger partial charge in [0.05, 0.1) is 15.3 Å². The summed E-state index contributed by atoms with van der Waals surface area (Å²) in [4.78, 5) is 11.2. The zero-order chi connectivity index (χ0) is 19.4. The van der Waals surface area contributed by atoms with E-state index in [1.807, 2.05) is 30.3 Å². The molecule has 0 aliphatic rings. The van der Waals surface area contributed by atoms with Gasteiger partial charge in [0, 0.05) is 23.4 Å². The molecule has 6 nitrogen and oxygen atoms in total. The van der Waals surface area contributed by atoms with Gasteiger partial charge in [0.15, 0.2) is 5.15 Å². The predicted octanol–water partition coefficient (Wildman–Crippen LogP) is 5.37. The maximum Gasteiger partial charge on any atom is 0.172 e. The standard InChI is InChI=1S/C18H10Cl2N6S2/c1-22-15(19)13-11(21)9-8(7-5-3-2-4-6-7)10-12-14(16(20)25-26-24-12)28-18(10)23-17(9)27-13/h2-6H,21H2,1H3. The third-order valence-electron chi connectivity index (χ3n) is 4.40. The van der Waals surface area contributed by atoms with E-state index in [2.05, 4.69) is 20.4 Å². The van der Waals surface area contributed by atoms with Crippen LogP contribution in [-0.2, 0) is 0 Å². The first-order chi connectivity index (χ1) is 13.6. The summed E-state index contributed by atoms with van der Waals surface area (Å²) in [5.74, 6) is 0. The van der Waals surface area contributed by atoms with Gasteiger partial charge in [0.25, 0.3) is 0 Å². The Balaban J connectivity index is 2.05. The van der Waals surface area contributed by atoms with Crippen LogP contribution in [0.2, 0.25) is 5.15 Å². The first kappa shape index (κ1) is 17.7. The van der Waals surface area contributed by atoms with Gasteiger partial charge in [0.1, 0.15) is 20.3 Å². The number of aliphatic imine (C=N–C) groups is 1. The summed E-state index contributed by atoms with van der Waals surface area (Å²) in [5, 5.41) is 14.3. The molecule has 0 aliphatic carbocycles. The molecular weight excluding hydrogens is 435 g/mol. The van der Waals surface area contributed by atoms with Gasteiger partial charge < -0.3 is 5.73 Å². The molecule has 138 valence electrons. The average Bonchev–Trinajstić information content (AvgIpc) is 3.25. The predicted molar refractivity (Wildman–Crippen MR) is 119 cm³/mol. The number of benzene rings is 1. The van der Waals surface area contributed by atoms with Crippen LogP contribution in [0.1, 0.15) is 4.88 Å². The molecule has 5 rings (SSSR count). The van der Waals surface area contributed by atoms with Crippen molar-refractivity contribution < 1.29 is 0 Å². The van der Waals surface area contributed by atoms with Crippen LogP contribution in [0.4, 0.5) is 5.69 Å². The lowest BCUT2D eigenvalue weighted by Gasteiger charge is -2.07. The monoisotopic (exact) mass is 444 g/mol. The molecule has 4 heterocycles. The molecule has 4 aromatic heterocycles. The SMILES string of the molecule is CN=C(Cl)c1sc2nc3sc4c(Cl)nnnc4c3c(-c3ccccc3)c2c1N. The van der Waals surface area contributed by atoms with Crippen LogP contribution in [0.3, 0.4) is 0 Å². The van der Waals surface area contributed by atoms with Crippen molar-refractivity contribution in [1.29, 1.82) is 0 Å². The van der Waals surface area contributed by atoms with E-state index in [4.69, 9.17) is 33.9 Å². The summed E-state index contributed by atoms with van der Waals surface area (Å²) < 4.78 is 0.751. The van der Waals surface area contributed by atoms with Gasteiger partial charge in [-0.05, 0) is 10.8 Å². The number of fused-ring (bicyclic) bond motifs is 4. The number of aromatic nitrogens is 4. The molecule has 0 amide bonds. The van der Waals surface area contributed by atoms with E-state index >= 15 is 0 Å². The van der Waals surface area contributed by atoms with Crippen molar-refractivity contribution in [1.82, 2.24) is 20.4 Å². The smallest absolute Gasteiger partial charge is 0.172 e. The number of thiophene rings is 2. The molecule has 0 unspecified atom stereocenters. The summed E-state index contributed by atoms with van der Waals surface area (Å²) in [6.07, 6.45) is 0. The van der Waals surface area contributed by atoms with Crippen molar-refractivity contribution in [3.63, 3.8) is 0 Å². The van der Waals surface area contributed by atoms with Crippen molar-refractivity contribution in [3.05, 3.63) is 40.4 Å². The minimum Gasteiger partial charge on any atom is -0.397 e. The van der Waals surface area contributed by atoms with E-state index in [0.717, 1.165) is 36.3 Å². The van der Waals surface area contributed by atoms with E-state index in [-0.39, 0.29) is 0 Å². The third kappa shape index (κ3) is 2.49. The lowest BCUT2D eigenvalue weighted by molar-refractivity contribution is 0.900. The Morgan fingerprint density at radius 1 is 1.07 bits per heavy atom. The first-order valence-electron chi connectivity index (χ1n) is 8.11. The minimum atomic E-state index is 0.310. The molecule has 2 N–H and O–H groups in total. The highest BCUT2D eigenvalue weighted by Gasteiger charge is 2.24. The van der Waals surface area contributed by atoms with Crippen LogP contribution in [0.15, 0.2) is 35.3 Å². The van der Waals surface area contributed by atoms with Crippen LogP contribution in [0.5, 0.6) is 0 Å². The molecule has 0 aliphatic heterocycles. The third-order valence-corrected chi connectivity index (χ3v) is 7.44. The Bertz CT molecular complexity index is 1410. The highest BCUT2D eigenvalue weighted by atomic mass is 35.5. The number of halogens is 2. The minimum absolute atomic E-state index is 0.310. The molecule has 10 heteroatoms. The summed E-state index contributed by atoms with van der Waals surface area (Å²) in [6, 6.07) is 9.98. The largest absolute Gasteiger partial charge is 0.397 e. The topological polar surface area (TPSA) is 89.9 Å². The number of hydrogen-bond donors (Lipinski definition) is 1. The molecular formula is C18H10Cl2N6S2. The highest BCUT2D eigenvalue weighted by Crippen LogP contribution is 2.47. The molecule has 28 heavy (non-hydrogen) atoms. The van der Waals surface area contributed by atoms with Gasteiger partial charge in [-0.1, -0.05) is 53.5 Å². The Morgan fingerprint density at radius 2 is 1.82 bits per heavy atom. The number of anilines is 1. The molecule has 5 aromatic rings. The maximum absolute atomic E-state index is 6.52. The fourth-order valence-electron chi connectivity index (χ4n) is 3.22. The lowest BCUT2D eigenvalue weighted by atomic mass is 9.99. The molecule has 0 saturated heterocycles. The molecule has 0 radical (unpaired) electrons. The van der Waals surface area contributed by atoms with E-state index in [1.165, 1.54) is 22.7 Å². The van der Waals surface area contributed by atoms with Crippen molar-refractivity contribution in [2.45, 2.75) is 0 Å². The van der Waals surface area contributed by atoms with Crippen LogP contribution in [-0.4, -0.2) is 32.6 Å². The van der Waals surface area contributed by atoms with Gasteiger partial charge in [-0.2, -0.15) is 0 Å². The molecule has 0 spiro atoms. The molecule has 0 atom stereocenters. The fourth-order valence-corrected chi connectivity index (χ4v) is 5.76. The number of pyridine rings is 1. The van der Waals surface area contributed by atoms with Gasteiger partial charge in [-0.3, -0.25) is 4.99 Å². The number of hydrogen-bond acceptors (Lipinski definition) is 8. The summed E-state index contributed by atoms with van der Waals surface area (Å²) in [6.45, 7) is 0. The number of nitrogens with two attached hydrogens (primary N) is 1. The quantitative estimate of drug-likeness (QED) is 0.369. The highest BCUT2D eigenvalue weighted by molar-refractivity contribution is 7.27. The Morgan fingerprint density at radius 3 is 2.57 bits per heavy atom. The van der Waals surface area contributed by atoms with Gasteiger partial charge in [-0.25, -0.2) is 4.98 Å². The summed E-state index contributed by atoms with van der Waals surface area (Å²) in [7, 11) is 1.63. The Labute approximate surface area is 176 Å². The van der Waals surface area contributed by atoms with Crippen molar-refractivity contribution in [3.8, 4) is 11.1 Å². The zero-order valence-corrected chi connectivity index (χ0v) is 17.4. The normalized spacial score (nSPS) is 12.5. The second kappa shape index (κ2) is 6.59. The van der Waals surface area contributed by atoms with Crippen molar-refractivity contribution in [2.75, 3.05) is 12.8 Å². The molecule has 0 saturated carbocycles. The van der Waals surface area contributed by atoms with Gasteiger partial charge >= 0.3 is 0 Å². The number of nitrogens with zero attached hydrogens (tertiary/aromatic N) is 5. The van der Waals surface area contributed by atoms with Gasteiger partial charge in [-0.15, -0.1) is 32.9 Å². The van der Waals surface area contributed by atoms with E-state index in [9.17, 15) is 0 Å². The van der Waals surface area contributed by atoms with Crippen molar-refractivity contribution >= 4 is 87.4 Å². The molecule has 0 fully saturated rings. The summed E-state index contributed by atoms with van der Waals surface area (Å²) >= 11 is 15.4. The first-order valence-corrected chi connectivity index (χ1v) is 10.5. The van der Waals surface area contributed by atoms with E-state index < -0.39 is 0 Å². The van der Waals surface area contributed by atoms with E-state index in [1.54, 1.807) is 7.05 Å². The van der Waals surface area contributed by atoms with Crippen LogP contribution >= 0.6 is 45.9 Å². The van der Waals surface area contributed by atoms with Crippen molar-refractivity contribution in [2.24, 2.45) is 4.99 Å². The Hall–Kier alpha value is -2.39. The van der Waals surface area contributed by atoms with Crippen LogP contribution < -0.4 is 5.73 Å². The zero-order valence-electron chi connectivity index (χ0n) is 14.3. The average molecular weight is 445 g/mol. The van der Waals surface area contributed by atoms with E-state index in [0.29, 0.717) is 26.4 Å². The number of nitrogen functional groups attached to an aromatic ring is 1. The lowest BCUT2D eigenvalue weighted by Crippen LogP contribution is -1.95. The molecule has 0 bridgehead atoms. The maximum atomic E-state index is 6.52. The molecule has 1 aromatic carbocycles. The second-order valence-electron chi connectivity index (χ2n) is 5.93. The fraction of sp³-hybridized carbons (Fsp3) is 0.0556. The Kier molecular flexibility index (Phi) is 4.17.